The third-order valence-electron chi connectivity index (χ3n) is 6.96. The van der Waals surface area contributed by atoms with Crippen molar-refractivity contribution in [2.24, 2.45) is 0 Å². The van der Waals surface area contributed by atoms with Crippen LogP contribution in [0.25, 0.3) is 0 Å². The number of carbonyl (C=O) groups is 1. The summed E-state index contributed by atoms with van der Waals surface area (Å²) >= 11 is 0. The summed E-state index contributed by atoms with van der Waals surface area (Å²) in [4.78, 5) is 14.2. The van der Waals surface area contributed by atoms with E-state index in [1.807, 2.05) is 74.5 Å². The number of rotatable bonds is 8. The van der Waals surface area contributed by atoms with Gasteiger partial charge in [0.25, 0.3) is 0 Å². The fourth-order valence-electron chi connectivity index (χ4n) is 5.34. The lowest BCUT2D eigenvalue weighted by atomic mass is 9.64. The van der Waals surface area contributed by atoms with E-state index in [1.165, 1.54) is 18.4 Å². The Balaban J connectivity index is 2.04. The zero-order valence-electron chi connectivity index (χ0n) is 19.1. The normalized spacial score (nSPS) is 16.1. The molecule has 0 saturated heterocycles. The Kier molecular flexibility index (Phi) is 6.76. The molecular weight excluding hydrogens is 394 g/mol. The Morgan fingerprint density at radius 2 is 1.66 bits per heavy atom. The van der Waals surface area contributed by atoms with Gasteiger partial charge in [-0.15, -0.1) is 0 Å². The maximum Gasteiger partial charge on any atom is 0.166 e. The minimum atomic E-state index is -1.09. The largest absolute Gasteiger partial charge is 0.508 e. The number of nitrogens with one attached hydrogen (secondary N) is 1. The number of aromatic hydroxyl groups is 1. The molecule has 3 aromatic rings. The first-order valence-electron chi connectivity index (χ1n) is 11.8. The van der Waals surface area contributed by atoms with Crippen LogP contribution >= 0.6 is 0 Å². The van der Waals surface area contributed by atoms with E-state index in [-0.39, 0.29) is 18.1 Å². The molecule has 1 atom stereocenters. The SMILES string of the molecule is CCNCC(=O)C(c1ccccc1)(c1ccccc1C)c1cc(C2CCCC2)ccc1O. The van der Waals surface area contributed by atoms with Crippen molar-refractivity contribution in [3.63, 3.8) is 0 Å². The summed E-state index contributed by atoms with van der Waals surface area (Å²) < 4.78 is 0. The van der Waals surface area contributed by atoms with Gasteiger partial charge in [0.15, 0.2) is 5.78 Å². The number of aryl methyl sites for hydroxylation is 1. The lowest BCUT2D eigenvalue weighted by molar-refractivity contribution is -0.121. The van der Waals surface area contributed by atoms with Crippen molar-refractivity contribution in [2.75, 3.05) is 13.1 Å². The van der Waals surface area contributed by atoms with Gasteiger partial charge in [-0.3, -0.25) is 4.79 Å². The van der Waals surface area contributed by atoms with Crippen molar-refractivity contribution in [1.82, 2.24) is 5.32 Å². The van der Waals surface area contributed by atoms with Gasteiger partial charge in [0.2, 0.25) is 0 Å². The quantitative estimate of drug-likeness (QED) is 0.442. The van der Waals surface area contributed by atoms with Crippen molar-refractivity contribution in [1.29, 1.82) is 0 Å². The zero-order chi connectivity index (χ0) is 22.6. The molecule has 3 aromatic carbocycles. The monoisotopic (exact) mass is 427 g/mol. The van der Waals surface area contributed by atoms with E-state index < -0.39 is 5.41 Å². The molecule has 0 bridgehead atoms. The fourth-order valence-corrected chi connectivity index (χ4v) is 5.34. The van der Waals surface area contributed by atoms with Crippen LogP contribution in [0, 0.1) is 6.92 Å². The van der Waals surface area contributed by atoms with Gasteiger partial charge in [0.1, 0.15) is 11.2 Å². The maximum absolute atomic E-state index is 14.2. The Morgan fingerprint density at radius 1 is 0.969 bits per heavy atom. The molecule has 1 aliphatic rings. The third kappa shape index (κ3) is 3.98. The zero-order valence-corrected chi connectivity index (χ0v) is 19.1. The van der Waals surface area contributed by atoms with Gasteiger partial charge in [0, 0.05) is 5.56 Å². The number of hydrogen-bond donors (Lipinski definition) is 2. The highest BCUT2D eigenvalue weighted by Gasteiger charge is 2.45. The molecule has 0 aliphatic heterocycles. The van der Waals surface area contributed by atoms with Gasteiger partial charge in [-0.1, -0.05) is 86.5 Å². The summed E-state index contributed by atoms with van der Waals surface area (Å²) in [6.07, 6.45) is 4.81. The number of likely N-dealkylation sites (N-methyl/N-ethyl adjacent to an activating group) is 1. The summed E-state index contributed by atoms with van der Waals surface area (Å²) in [6, 6.07) is 23.9. The Bertz CT molecular complexity index is 1070. The highest BCUT2D eigenvalue weighted by Crippen LogP contribution is 2.47. The number of carbonyl (C=O) groups excluding carboxylic acids is 1. The molecule has 0 radical (unpaired) electrons. The van der Waals surface area contributed by atoms with Crippen LogP contribution < -0.4 is 5.32 Å². The van der Waals surface area contributed by atoms with Crippen LogP contribution in [0.5, 0.6) is 5.75 Å². The maximum atomic E-state index is 14.2. The van der Waals surface area contributed by atoms with E-state index in [9.17, 15) is 9.90 Å². The van der Waals surface area contributed by atoms with Crippen LogP contribution in [-0.4, -0.2) is 24.0 Å². The standard InChI is InChI=1S/C29H33NO2/c1-3-30-20-28(32)29(24-14-5-4-6-15-24,25-16-10-7-11-21(25)2)26-19-23(17-18-27(26)31)22-12-8-9-13-22/h4-7,10-11,14-19,22,30-31H,3,8-9,12-13,20H2,1-2H3. The van der Waals surface area contributed by atoms with Crippen LogP contribution in [0.1, 0.15) is 66.3 Å². The molecule has 3 heteroatoms. The van der Waals surface area contributed by atoms with Crippen molar-refractivity contribution < 1.29 is 9.90 Å². The van der Waals surface area contributed by atoms with Crippen LogP contribution in [-0.2, 0) is 10.2 Å². The average Bonchev–Trinajstić information content (AvgIpc) is 3.36. The molecule has 0 amide bonds. The average molecular weight is 428 g/mol. The molecule has 3 nitrogen and oxygen atoms in total. The van der Waals surface area contributed by atoms with Gasteiger partial charge in [-0.2, -0.15) is 0 Å². The number of benzene rings is 3. The summed E-state index contributed by atoms with van der Waals surface area (Å²) in [6.45, 7) is 4.99. The Labute approximate surface area is 191 Å². The van der Waals surface area contributed by atoms with Gasteiger partial charge in [-0.25, -0.2) is 0 Å². The van der Waals surface area contributed by atoms with E-state index in [4.69, 9.17) is 0 Å². The lowest BCUT2D eigenvalue weighted by Gasteiger charge is -2.36. The van der Waals surface area contributed by atoms with Crippen LogP contribution in [0.3, 0.4) is 0 Å². The molecule has 1 unspecified atom stereocenters. The number of hydrogen-bond acceptors (Lipinski definition) is 3. The molecular formula is C29H33NO2. The molecule has 1 saturated carbocycles. The van der Waals surface area contributed by atoms with E-state index in [2.05, 4.69) is 11.4 Å². The number of phenolic OH excluding ortho intramolecular Hbond substituents is 1. The number of ketones is 1. The molecule has 1 fully saturated rings. The van der Waals surface area contributed by atoms with Gasteiger partial charge in [0.05, 0.1) is 6.54 Å². The molecule has 2 N–H and O–H groups in total. The smallest absolute Gasteiger partial charge is 0.166 e. The molecule has 0 aromatic heterocycles. The van der Waals surface area contributed by atoms with Crippen LogP contribution in [0.4, 0.5) is 0 Å². The molecule has 166 valence electrons. The number of phenols is 1. The topological polar surface area (TPSA) is 49.3 Å². The molecule has 32 heavy (non-hydrogen) atoms. The molecule has 1 aliphatic carbocycles. The second kappa shape index (κ2) is 9.70. The lowest BCUT2D eigenvalue weighted by Crippen LogP contribution is -2.44. The molecule has 0 spiro atoms. The molecule has 0 heterocycles. The second-order valence-electron chi connectivity index (χ2n) is 8.89. The highest BCUT2D eigenvalue weighted by molar-refractivity contribution is 6.00. The van der Waals surface area contributed by atoms with E-state index >= 15 is 0 Å². The first-order valence-corrected chi connectivity index (χ1v) is 11.8. The second-order valence-corrected chi connectivity index (χ2v) is 8.89. The predicted octanol–water partition coefficient (Wildman–Crippen LogP) is 5.87. The number of Topliss-reactive ketones (excluding diaryl/α,β-unsaturated/α-hetero) is 1. The first kappa shape index (κ1) is 22.3. The van der Waals surface area contributed by atoms with E-state index in [0.717, 1.165) is 29.5 Å². The van der Waals surface area contributed by atoms with Crippen LogP contribution in [0.15, 0.2) is 72.8 Å². The van der Waals surface area contributed by atoms with Gasteiger partial charge >= 0.3 is 0 Å². The Hall–Kier alpha value is -2.91. The summed E-state index contributed by atoms with van der Waals surface area (Å²) in [5.41, 5.74) is 3.66. The molecule has 4 rings (SSSR count). The predicted molar refractivity (Wildman–Crippen MR) is 130 cm³/mol. The van der Waals surface area contributed by atoms with Crippen molar-refractivity contribution in [3.8, 4) is 5.75 Å². The minimum Gasteiger partial charge on any atom is -0.508 e. The summed E-state index contributed by atoms with van der Waals surface area (Å²) in [5.74, 6) is 0.700. The summed E-state index contributed by atoms with van der Waals surface area (Å²) in [7, 11) is 0. The third-order valence-corrected chi connectivity index (χ3v) is 6.96. The Morgan fingerprint density at radius 3 is 2.34 bits per heavy atom. The van der Waals surface area contributed by atoms with E-state index in [0.29, 0.717) is 18.0 Å². The van der Waals surface area contributed by atoms with Gasteiger partial charge < -0.3 is 10.4 Å². The van der Waals surface area contributed by atoms with Crippen molar-refractivity contribution >= 4 is 5.78 Å². The fraction of sp³-hybridized carbons (Fsp3) is 0.345. The van der Waals surface area contributed by atoms with Crippen molar-refractivity contribution in [3.05, 3.63) is 101 Å². The highest BCUT2D eigenvalue weighted by atomic mass is 16.3. The van der Waals surface area contributed by atoms with Crippen molar-refractivity contribution in [2.45, 2.75) is 50.9 Å². The minimum absolute atomic E-state index is 0.0405. The van der Waals surface area contributed by atoms with Gasteiger partial charge in [-0.05, 0) is 60.5 Å². The first-order chi connectivity index (χ1) is 15.6. The van der Waals surface area contributed by atoms with E-state index in [1.54, 1.807) is 6.07 Å². The van der Waals surface area contributed by atoms with Crippen LogP contribution in [0.2, 0.25) is 0 Å². The summed E-state index contributed by atoms with van der Waals surface area (Å²) in [5, 5.41) is 14.5.